The maximum absolute atomic E-state index is 11.8. The summed E-state index contributed by atoms with van der Waals surface area (Å²) in [7, 11) is 3.51. The zero-order valence-electron chi connectivity index (χ0n) is 11.5. The fourth-order valence-electron chi connectivity index (χ4n) is 3.07. The van der Waals surface area contributed by atoms with Crippen molar-refractivity contribution in [2.45, 2.75) is 12.5 Å². The molecule has 1 N–H and O–H groups in total. The maximum atomic E-state index is 11.8. The number of carbonyl (C=O) groups excluding carboxylic acids is 1. The molecule has 2 aliphatic rings. The molecule has 1 aromatic rings. The van der Waals surface area contributed by atoms with Crippen molar-refractivity contribution in [3.63, 3.8) is 0 Å². The first-order chi connectivity index (χ1) is 9.16. The fraction of sp³-hybridized carbons (Fsp3) is 0.571. The second-order valence-corrected chi connectivity index (χ2v) is 5.57. The van der Waals surface area contributed by atoms with Gasteiger partial charge in [-0.2, -0.15) is 0 Å². The Labute approximate surface area is 113 Å². The van der Waals surface area contributed by atoms with E-state index in [0.29, 0.717) is 11.6 Å². The third kappa shape index (κ3) is 2.18. The SMILES string of the molecule is CN(C)C(=O)c1ccc(N2CC[C@H]3CNC[C@H]32)nc1. The molecule has 2 atom stereocenters. The third-order valence-electron chi connectivity index (χ3n) is 4.14. The standard InChI is InChI=1S/C14H20N4O/c1-17(2)14(19)11-3-4-13(16-8-11)18-6-5-10-7-15-9-12(10)18/h3-4,8,10,12,15H,5-7,9H2,1-2H3/t10-,12+/m0/s1. The van der Waals surface area contributed by atoms with Gasteiger partial charge in [-0.1, -0.05) is 0 Å². The highest BCUT2D eigenvalue weighted by molar-refractivity contribution is 5.93. The molecule has 0 unspecified atom stereocenters. The van der Waals surface area contributed by atoms with E-state index >= 15 is 0 Å². The molecule has 3 rings (SSSR count). The van der Waals surface area contributed by atoms with Gasteiger partial charge < -0.3 is 15.1 Å². The summed E-state index contributed by atoms with van der Waals surface area (Å²) in [6, 6.07) is 4.42. The largest absolute Gasteiger partial charge is 0.352 e. The summed E-state index contributed by atoms with van der Waals surface area (Å²) in [6.07, 6.45) is 2.92. The fourth-order valence-corrected chi connectivity index (χ4v) is 3.07. The van der Waals surface area contributed by atoms with Crippen LogP contribution in [-0.2, 0) is 0 Å². The van der Waals surface area contributed by atoms with Crippen molar-refractivity contribution in [3.8, 4) is 0 Å². The molecule has 0 spiro atoms. The highest BCUT2D eigenvalue weighted by Gasteiger charge is 2.37. The van der Waals surface area contributed by atoms with Gasteiger partial charge in [0.15, 0.2) is 0 Å². The van der Waals surface area contributed by atoms with Gasteiger partial charge in [-0.15, -0.1) is 0 Å². The van der Waals surface area contributed by atoms with Crippen LogP contribution in [0.1, 0.15) is 16.8 Å². The Kier molecular flexibility index (Phi) is 3.14. The van der Waals surface area contributed by atoms with E-state index < -0.39 is 0 Å². The number of aromatic nitrogens is 1. The number of fused-ring (bicyclic) bond motifs is 1. The molecule has 1 aromatic heterocycles. The molecule has 2 fully saturated rings. The first-order valence-electron chi connectivity index (χ1n) is 6.82. The number of rotatable bonds is 2. The molecule has 3 heterocycles. The number of amides is 1. The van der Waals surface area contributed by atoms with Crippen LogP contribution in [-0.4, -0.2) is 55.6 Å². The number of hydrogen-bond acceptors (Lipinski definition) is 4. The molecule has 2 saturated heterocycles. The molecule has 0 bridgehead atoms. The molecular weight excluding hydrogens is 240 g/mol. The minimum absolute atomic E-state index is 0.000816. The topological polar surface area (TPSA) is 48.5 Å². The van der Waals surface area contributed by atoms with E-state index in [1.807, 2.05) is 12.1 Å². The van der Waals surface area contributed by atoms with Crippen LogP contribution in [0.2, 0.25) is 0 Å². The average molecular weight is 260 g/mol. The highest BCUT2D eigenvalue weighted by atomic mass is 16.2. The van der Waals surface area contributed by atoms with Crippen LogP contribution >= 0.6 is 0 Å². The van der Waals surface area contributed by atoms with E-state index in [0.717, 1.165) is 31.4 Å². The Balaban J connectivity index is 1.77. The number of carbonyl (C=O) groups is 1. The van der Waals surface area contributed by atoms with Gasteiger partial charge in [0.2, 0.25) is 0 Å². The number of nitrogens with zero attached hydrogens (tertiary/aromatic N) is 3. The Morgan fingerprint density at radius 1 is 1.42 bits per heavy atom. The van der Waals surface area contributed by atoms with E-state index in [-0.39, 0.29) is 5.91 Å². The molecule has 19 heavy (non-hydrogen) atoms. The monoisotopic (exact) mass is 260 g/mol. The summed E-state index contributed by atoms with van der Waals surface area (Å²) in [5.41, 5.74) is 0.647. The summed E-state index contributed by atoms with van der Waals surface area (Å²) in [6.45, 7) is 3.24. The molecule has 0 radical (unpaired) electrons. The molecule has 1 amide bonds. The normalized spacial score (nSPS) is 25.5. The molecule has 5 heteroatoms. The van der Waals surface area contributed by atoms with Crippen molar-refractivity contribution in [1.82, 2.24) is 15.2 Å². The first-order valence-corrected chi connectivity index (χ1v) is 6.82. The van der Waals surface area contributed by atoms with Gasteiger partial charge in [0.05, 0.1) is 5.56 Å². The van der Waals surface area contributed by atoms with E-state index in [9.17, 15) is 4.79 Å². The summed E-state index contributed by atoms with van der Waals surface area (Å²) in [5.74, 6) is 1.75. The van der Waals surface area contributed by atoms with Crippen molar-refractivity contribution in [1.29, 1.82) is 0 Å². The van der Waals surface area contributed by atoms with Crippen LogP contribution in [0, 0.1) is 5.92 Å². The van der Waals surface area contributed by atoms with Gasteiger partial charge >= 0.3 is 0 Å². The zero-order chi connectivity index (χ0) is 13.4. The molecule has 0 saturated carbocycles. The number of pyridine rings is 1. The van der Waals surface area contributed by atoms with Gasteiger partial charge in [-0.25, -0.2) is 4.98 Å². The Bertz CT molecular complexity index is 471. The van der Waals surface area contributed by atoms with Crippen molar-refractivity contribution in [2.24, 2.45) is 5.92 Å². The van der Waals surface area contributed by atoms with E-state index in [1.165, 1.54) is 6.42 Å². The highest BCUT2D eigenvalue weighted by Crippen LogP contribution is 2.30. The number of anilines is 1. The lowest BCUT2D eigenvalue weighted by Crippen LogP contribution is -2.34. The van der Waals surface area contributed by atoms with Crippen LogP contribution < -0.4 is 10.2 Å². The minimum atomic E-state index is 0.000816. The minimum Gasteiger partial charge on any atom is -0.352 e. The zero-order valence-corrected chi connectivity index (χ0v) is 11.5. The van der Waals surface area contributed by atoms with Crippen molar-refractivity contribution in [3.05, 3.63) is 23.9 Å². The lowest BCUT2D eigenvalue weighted by molar-refractivity contribution is 0.0827. The molecule has 0 aliphatic carbocycles. The molecule has 2 aliphatic heterocycles. The van der Waals surface area contributed by atoms with Crippen molar-refractivity contribution >= 4 is 11.7 Å². The Morgan fingerprint density at radius 3 is 2.95 bits per heavy atom. The van der Waals surface area contributed by atoms with Crippen LogP contribution in [0.5, 0.6) is 0 Å². The van der Waals surface area contributed by atoms with Gasteiger partial charge in [-0.05, 0) is 24.5 Å². The van der Waals surface area contributed by atoms with Crippen LogP contribution in [0.4, 0.5) is 5.82 Å². The van der Waals surface area contributed by atoms with Crippen LogP contribution in [0.15, 0.2) is 18.3 Å². The predicted octanol–water partition coefficient (Wildman–Crippen LogP) is 0.581. The van der Waals surface area contributed by atoms with E-state index in [4.69, 9.17) is 0 Å². The van der Waals surface area contributed by atoms with Crippen LogP contribution in [0.3, 0.4) is 0 Å². The number of hydrogen-bond donors (Lipinski definition) is 1. The van der Waals surface area contributed by atoms with Gasteiger partial charge in [-0.3, -0.25) is 4.79 Å². The average Bonchev–Trinajstić information content (AvgIpc) is 3.00. The second kappa shape index (κ2) is 4.81. The Hall–Kier alpha value is -1.62. The van der Waals surface area contributed by atoms with Gasteiger partial charge in [0.1, 0.15) is 5.82 Å². The third-order valence-corrected chi connectivity index (χ3v) is 4.14. The van der Waals surface area contributed by atoms with E-state index in [1.54, 1.807) is 25.2 Å². The lowest BCUT2D eigenvalue weighted by Gasteiger charge is -2.24. The van der Waals surface area contributed by atoms with Crippen molar-refractivity contribution < 1.29 is 4.79 Å². The molecule has 0 aromatic carbocycles. The van der Waals surface area contributed by atoms with Gasteiger partial charge in [0, 0.05) is 46.0 Å². The quantitative estimate of drug-likeness (QED) is 0.845. The number of nitrogens with one attached hydrogen (secondary N) is 1. The molecule has 5 nitrogen and oxygen atoms in total. The summed E-state index contributed by atoms with van der Waals surface area (Å²) in [5, 5.41) is 3.44. The first kappa shape index (κ1) is 12.4. The maximum Gasteiger partial charge on any atom is 0.254 e. The predicted molar refractivity (Wildman–Crippen MR) is 74.4 cm³/mol. The van der Waals surface area contributed by atoms with Crippen LogP contribution in [0.25, 0.3) is 0 Å². The summed E-state index contributed by atoms with van der Waals surface area (Å²) >= 11 is 0. The van der Waals surface area contributed by atoms with Gasteiger partial charge in [0.25, 0.3) is 5.91 Å². The summed E-state index contributed by atoms with van der Waals surface area (Å²) in [4.78, 5) is 20.2. The van der Waals surface area contributed by atoms with Crippen molar-refractivity contribution in [2.75, 3.05) is 38.6 Å². The summed E-state index contributed by atoms with van der Waals surface area (Å²) < 4.78 is 0. The Morgan fingerprint density at radius 2 is 2.26 bits per heavy atom. The van der Waals surface area contributed by atoms with E-state index in [2.05, 4.69) is 15.2 Å². The second-order valence-electron chi connectivity index (χ2n) is 5.57. The smallest absolute Gasteiger partial charge is 0.254 e. The molecular formula is C14H20N4O. The molecule has 102 valence electrons. The lowest BCUT2D eigenvalue weighted by atomic mass is 10.1.